The van der Waals surface area contributed by atoms with E-state index in [1.807, 2.05) is 54.1 Å². The summed E-state index contributed by atoms with van der Waals surface area (Å²) in [5.74, 6) is -0.0758. The van der Waals surface area contributed by atoms with E-state index >= 15 is 0 Å². The number of hydrogen-bond donors (Lipinski definition) is 1. The summed E-state index contributed by atoms with van der Waals surface area (Å²) in [7, 11) is 1.92. The SMILES string of the molecule is Cn1c2ccccc2c2nnc(SCC(=O)NC3=NN(c4ccccc4)C(=O)C3)nc21. The molecule has 0 fully saturated rings. The lowest BCUT2D eigenvalue weighted by Crippen LogP contribution is -2.31. The van der Waals surface area contributed by atoms with Crippen molar-refractivity contribution in [3.63, 3.8) is 0 Å². The zero-order chi connectivity index (χ0) is 21.4. The van der Waals surface area contributed by atoms with Gasteiger partial charge in [-0.15, -0.1) is 10.2 Å². The molecule has 9 nitrogen and oxygen atoms in total. The van der Waals surface area contributed by atoms with Gasteiger partial charge < -0.3 is 9.88 Å². The van der Waals surface area contributed by atoms with E-state index in [4.69, 9.17) is 0 Å². The van der Waals surface area contributed by atoms with Crippen LogP contribution in [0.2, 0.25) is 0 Å². The smallest absolute Gasteiger partial charge is 0.255 e. The van der Waals surface area contributed by atoms with Crippen LogP contribution in [0.1, 0.15) is 6.42 Å². The number of para-hydroxylation sites is 2. The van der Waals surface area contributed by atoms with Gasteiger partial charge in [-0.1, -0.05) is 48.2 Å². The first kappa shape index (κ1) is 19.2. The molecule has 154 valence electrons. The van der Waals surface area contributed by atoms with Crippen LogP contribution in [-0.2, 0) is 16.6 Å². The standard InChI is InChI=1S/C21H17N7O2S/c1-27-15-10-6-5-9-14(15)19-20(27)23-21(25-24-19)31-12-17(29)22-16-11-18(30)28(26-16)13-7-3-2-4-8-13/h2-10H,11-12H2,1H3,(H,22,26,29). The van der Waals surface area contributed by atoms with Gasteiger partial charge in [0.1, 0.15) is 11.4 Å². The average Bonchev–Trinajstić information content (AvgIpc) is 3.30. The van der Waals surface area contributed by atoms with Gasteiger partial charge in [0.15, 0.2) is 5.65 Å². The Bertz CT molecular complexity index is 1350. The van der Waals surface area contributed by atoms with Crippen molar-refractivity contribution in [3.8, 4) is 0 Å². The normalized spacial score (nSPS) is 13.8. The minimum absolute atomic E-state index is 0.0469. The molecule has 1 aliphatic heterocycles. The first-order valence-electron chi connectivity index (χ1n) is 9.56. The Labute approximate surface area is 181 Å². The van der Waals surface area contributed by atoms with E-state index in [1.165, 1.54) is 16.8 Å². The van der Waals surface area contributed by atoms with Crippen molar-refractivity contribution in [1.29, 1.82) is 0 Å². The van der Waals surface area contributed by atoms with Crippen molar-refractivity contribution in [3.05, 3.63) is 54.6 Å². The van der Waals surface area contributed by atoms with Crippen molar-refractivity contribution in [1.82, 2.24) is 25.1 Å². The second-order valence-electron chi connectivity index (χ2n) is 6.94. The highest BCUT2D eigenvalue weighted by molar-refractivity contribution is 7.99. The number of nitrogens with one attached hydrogen (secondary N) is 1. The lowest BCUT2D eigenvalue weighted by Gasteiger charge is -2.10. The second-order valence-corrected chi connectivity index (χ2v) is 7.89. The van der Waals surface area contributed by atoms with Gasteiger partial charge in [-0.3, -0.25) is 9.59 Å². The molecule has 0 radical (unpaired) electrons. The van der Waals surface area contributed by atoms with E-state index in [1.54, 1.807) is 12.1 Å². The fourth-order valence-corrected chi connectivity index (χ4v) is 4.03. The van der Waals surface area contributed by atoms with Crippen LogP contribution in [0.15, 0.2) is 64.9 Å². The number of aryl methyl sites for hydroxylation is 1. The summed E-state index contributed by atoms with van der Waals surface area (Å²) >= 11 is 1.18. The zero-order valence-electron chi connectivity index (χ0n) is 16.5. The number of nitrogens with zero attached hydrogens (tertiary/aromatic N) is 6. The molecule has 1 aliphatic rings. The fraction of sp³-hybridized carbons (Fsp3) is 0.143. The maximum absolute atomic E-state index is 12.4. The molecule has 0 aliphatic carbocycles. The monoisotopic (exact) mass is 431 g/mol. The van der Waals surface area contributed by atoms with Crippen LogP contribution >= 0.6 is 11.8 Å². The number of thioether (sulfide) groups is 1. The van der Waals surface area contributed by atoms with Gasteiger partial charge in [-0.25, -0.2) is 4.98 Å². The quantitative estimate of drug-likeness (QED) is 0.498. The number of rotatable bonds is 4. The van der Waals surface area contributed by atoms with E-state index in [0.29, 0.717) is 22.3 Å². The molecule has 2 amide bonds. The van der Waals surface area contributed by atoms with Crippen molar-refractivity contribution >= 4 is 57.2 Å². The number of aromatic nitrogens is 4. The van der Waals surface area contributed by atoms with Gasteiger partial charge in [0, 0.05) is 12.4 Å². The molecular weight excluding hydrogens is 414 g/mol. The third kappa shape index (κ3) is 3.61. The predicted molar refractivity (Wildman–Crippen MR) is 119 cm³/mol. The van der Waals surface area contributed by atoms with Crippen molar-refractivity contribution in [2.45, 2.75) is 11.6 Å². The Kier molecular flexibility index (Phi) is 4.83. The van der Waals surface area contributed by atoms with Crippen LogP contribution in [0.3, 0.4) is 0 Å². The van der Waals surface area contributed by atoms with Crippen molar-refractivity contribution in [2.24, 2.45) is 12.1 Å². The first-order valence-corrected chi connectivity index (χ1v) is 10.5. The molecule has 0 saturated heterocycles. The number of anilines is 1. The van der Waals surface area contributed by atoms with Gasteiger partial charge in [0.05, 0.1) is 23.4 Å². The van der Waals surface area contributed by atoms with Crippen molar-refractivity contribution < 1.29 is 9.59 Å². The van der Waals surface area contributed by atoms with Gasteiger partial charge in [0.2, 0.25) is 11.1 Å². The van der Waals surface area contributed by atoms with E-state index < -0.39 is 0 Å². The number of carbonyl (C=O) groups is 2. The minimum atomic E-state index is -0.285. The Morgan fingerprint density at radius 2 is 1.87 bits per heavy atom. The van der Waals surface area contributed by atoms with Gasteiger partial charge in [-0.05, 0) is 18.2 Å². The third-order valence-electron chi connectivity index (χ3n) is 4.88. The molecule has 0 saturated carbocycles. The van der Waals surface area contributed by atoms with Crippen LogP contribution < -0.4 is 10.3 Å². The number of benzene rings is 2. The molecule has 4 aromatic rings. The molecule has 10 heteroatoms. The number of hydrazone groups is 1. The molecule has 1 N–H and O–H groups in total. The van der Waals surface area contributed by atoms with Gasteiger partial charge >= 0.3 is 0 Å². The number of fused-ring (bicyclic) bond motifs is 3. The number of carbonyl (C=O) groups excluding carboxylic acids is 2. The minimum Gasteiger partial charge on any atom is -0.327 e. The summed E-state index contributed by atoms with van der Waals surface area (Å²) in [6.07, 6.45) is 0.0469. The third-order valence-corrected chi connectivity index (χ3v) is 5.72. The molecule has 0 bridgehead atoms. The van der Waals surface area contributed by atoms with Crippen molar-refractivity contribution in [2.75, 3.05) is 10.8 Å². The van der Waals surface area contributed by atoms with E-state index in [9.17, 15) is 9.59 Å². The van der Waals surface area contributed by atoms with Gasteiger partial charge in [-0.2, -0.15) is 10.1 Å². The summed E-state index contributed by atoms with van der Waals surface area (Å²) in [5, 5.41) is 18.1. The number of amides is 2. The molecule has 0 unspecified atom stereocenters. The highest BCUT2D eigenvalue weighted by Crippen LogP contribution is 2.26. The summed E-state index contributed by atoms with van der Waals surface area (Å²) in [5.41, 5.74) is 3.12. The molecule has 5 rings (SSSR count). The topological polar surface area (TPSA) is 105 Å². The van der Waals surface area contributed by atoms with Crippen LogP contribution in [0, 0.1) is 0 Å². The summed E-state index contributed by atoms with van der Waals surface area (Å²) < 4.78 is 1.96. The first-order chi connectivity index (χ1) is 15.1. The molecule has 0 atom stereocenters. The molecule has 31 heavy (non-hydrogen) atoms. The molecule has 3 heterocycles. The summed E-state index contributed by atoms with van der Waals surface area (Å²) in [4.78, 5) is 29.1. The highest BCUT2D eigenvalue weighted by atomic mass is 32.2. The largest absolute Gasteiger partial charge is 0.327 e. The summed E-state index contributed by atoms with van der Waals surface area (Å²) in [6.45, 7) is 0. The zero-order valence-corrected chi connectivity index (χ0v) is 17.3. The Hall–Kier alpha value is -3.79. The maximum atomic E-state index is 12.4. The molecule has 2 aromatic heterocycles. The Morgan fingerprint density at radius 3 is 2.71 bits per heavy atom. The van der Waals surface area contributed by atoms with E-state index in [0.717, 1.165) is 16.4 Å². The van der Waals surface area contributed by atoms with Crippen LogP contribution in [-0.4, -0.2) is 43.2 Å². The Balaban J connectivity index is 1.27. The second kappa shape index (κ2) is 7.80. The Morgan fingerprint density at radius 1 is 1.10 bits per heavy atom. The summed E-state index contributed by atoms with van der Waals surface area (Å²) in [6, 6.07) is 17.0. The highest BCUT2D eigenvalue weighted by Gasteiger charge is 2.26. The number of amidine groups is 1. The molecular formula is C21H17N7O2S. The lowest BCUT2D eigenvalue weighted by molar-refractivity contribution is -0.117. The van der Waals surface area contributed by atoms with Crippen LogP contribution in [0.25, 0.3) is 22.1 Å². The molecule has 2 aromatic carbocycles. The van der Waals surface area contributed by atoms with E-state index in [-0.39, 0.29) is 24.0 Å². The van der Waals surface area contributed by atoms with Gasteiger partial charge in [0.25, 0.3) is 5.91 Å². The van der Waals surface area contributed by atoms with Crippen LogP contribution in [0.5, 0.6) is 0 Å². The van der Waals surface area contributed by atoms with E-state index in [2.05, 4.69) is 25.6 Å². The lowest BCUT2D eigenvalue weighted by atomic mass is 10.2. The molecule has 0 spiro atoms. The predicted octanol–water partition coefficient (Wildman–Crippen LogP) is 2.48. The number of hydrogen-bond acceptors (Lipinski definition) is 7. The fourth-order valence-electron chi connectivity index (χ4n) is 3.45. The maximum Gasteiger partial charge on any atom is 0.255 e. The average molecular weight is 431 g/mol. The van der Waals surface area contributed by atoms with Crippen LogP contribution in [0.4, 0.5) is 5.69 Å².